The van der Waals surface area contributed by atoms with Crippen LogP contribution in [0.1, 0.15) is 13.3 Å². The van der Waals surface area contributed by atoms with E-state index in [0.717, 1.165) is 29.7 Å². The molecule has 21 heavy (non-hydrogen) atoms. The first-order valence-electron chi connectivity index (χ1n) is 7.18. The van der Waals surface area contributed by atoms with E-state index in [9.17, 15) is 0 Å². The summed E-state index contributed by atoms with van der Waals surface area (Å²) in [5, 5.41) is 4.72. The van der Waals surface area contributed by atoms with Crippen LogP contribution in [0.2, 0.25) is 0 Å². The van der Waals surface area contributed by atoms with Gasteiger partial charge in [0.2, 0.25) is 0 Å². The lowest BCUT2D eigenvalue weighted by molar-refractivity contribution is 0.981. The minimum atomic E-state index is 0.971. The average molecular weight is 388 g/mol. The zero-order valence-electron chi connectivity index (χ0n) is 11.9. The van der Waals surface area contributed by atoms with E-state index in [4.69, 9.17) is 4.98 Å². The number of rotatable bonds is 4. The highest BCUT2D eigenvalue weighted by molar-refractivity contribution is 14.1. The van der Waals surface area contributed by atoms with Crippen molar-refractivity contribution < 1.29 is 0 Å². The average Bonchev–Trinajstić information content (AvgIpc) is 2.54. The van der Waals surface area contributed by atoms with E-state index in [0.29, 0.717) is 0 Å². The SMILES string of the molecule is CCCNc1cc(-c2ccccc2)nc2c(I)cccc12. The van der Waals surface area contributed by atoms with Crippen molar-refractivity contribution >= 4 is 39.2 Å². The highest BCUT2D eigenvalue weighted by Gasteiger charge is 2.09. The van der Waals surface area contributed by atoms with Crippen LogP contribution in [0.25, 0.3) is 22.2 Å². The lowest BCUT2D eigenvalue weighted by Gasteiger charge is -2.12. The van der Waals surface area contributed by atoms with Gasteiger partial charge in [0.15, 0.2) is 0 Å². The minimum absolute atomic E-state index is 0.971. The number of nitrogens with zero attached hydrogens (tertiary/aromatic N) is 1. The van der Waals surface area contributed by atoms with E-state index in [1.54, 1.807) is 0 Å². The summed E-state index contributed by atoms with van der Waals surface area (Å²) in [7, 11) is 0. The Morgan fingerprint density at radius 3 is 2.62 bits per heavy atom. The predicted molar refractivity (Wildman–Crippen MR) is 98.7 cm³/mol. The molecule has 0 aliphatic carbocycles. The molecule has 0 aliphatic rings. The van der Waals surface area contributed by atoms with E-state index in [-0.39, 0.29) is 0 Å². The number of fused-ring (bicyclic) bond motifs is 1. The fourth-order valence-electron chi connectivity index (χ4n) is 2.38. The molecule has 106 valence electrons. The first kappa shape index (κ1) is 14.3. The Labute approximate surface area is 138 Å². The maximum Gasteiger partial charge on any atom is 0.0863 e. The molecule has 3 aromatic rings. The molecule has 0 unspecified atom stereocenters. The predicted octanol–water partition coefficient (Wildman–Crippen LogP) is 5.33. The van der Waals surface area contributed by atoms with Crippen LogP contribution in [0.4, 0.5) is 5.69 Å². The van der Waals surface area contributed by atoms with Crippen LogP contribution in [0, 0.1) is 3.57 Å². The van der Waals surface area contributed by atoms with Gasteiger partial charge in [0.25, 0.3) is 0 Å². The molecule has 0 atom stereocenters. The van der Waals surface area contributed by atoms with Gasteiger partial charge >= 0.3 is 0 Å². The summed E-state index contributed by atoms with van der Waals surface area (Å²) in [5.41, 5.74) is 4.40. The van der Waals surface area contributed by atoms with Crippen molar-refractivity contribution in [2.45, 2.75) is 13.3 Å². The summed E-state index contributed by atoms with van der Waals surface area (Å²) in [6, 6.07) is 18.8. The summed E-state index contributed by atoms with van der Waals surface area (Å²) in [5.74, 6) is 0. The Hall–Kier alpha value is -1.62. The van der Waals surface area contributed by atoms with Crippen LogP contribution >= 0.6 is 22.6 Å². The quantitative estimate of drug-likeness (QED) is 0.612. The maximum atomic E-state index is 4.87. The molecule has 0 saturated carbocycles. The van der Waals surface area contributed by atoms with Gasteiger partial charge in [-0.25, -0.2) is 4.98 Å². The molecule has 0 spiro atoms. The molecule has 2 aromatic carbocycles. The topological polar surface area (TPSA) is 24.9 Å². The second kappa shape index (κ2) is 6.43. The molecule has 1 aromatic heterocycles. The van der Waals surface area contributed by atoms with Gasteiger partial charge in [0, 0.05) is 26.8 Å². The Bertz CT molecular complexity index is 754. The normalized spacial score (nSPS) is 10.8. The molecule has 0 amide bonds. The molecule has 0 saturated heterocycles. The third-order valence-corrected chi connectivity index (χ3v) is 4.30. The van der Waals surface area contributed by atoms with Crippen LogP contribution in [0.15, 0.2) is 54.6 Å². The van der Waals surface area contributed by atoms with Gasteiger partial charge in [-0.1, -0.05) is 49.4 Å². The standard InChI is InChI=1S/C18H17IN2/c1-2-11-20-17-12-16(13-7-4-3-5-8-13)21-18-14(17)9-6-10-15(18)19/h3-10,12H,2,11H2,1H3,(H,20,21). The van der Waals surface area contributed by atoms with Gasteiger partial charge in [-0.05, 0) is 41.1 Å². The molecule has 0 radical (unpaired) electrons. The number of hydrogen-bond donors (Lipinski definition) is 1. The van der Waals surface area contributed by atoms with E-state index in [2.05, 4.69) is 83.4 Å². The van der Waals surface area contributed by atoms with E-state index in [1.165, 1.54) is 14.6 Å². The smallest absolute Gasteiger partial charge is 0.0863 e. The van der Waals surface area contributed by atoms with Gasteiger partial charge < -0.3 is 5.32 Å². The van der Waals surface area contributed by atoms with Crippen molar-refractivity contribution in [1.82, 2.24) is 4.98 Å². The molecule has 3 rings (SSSR count). The highest BCUT2D eigenvalue weighted by Crippen LogP contribution is 2.30. The van der Waals surface area contributed by atoms with Crippen molar-refractivity contribution in [3.05, 3.63) is 58.2 Å². The molecular formula is C18H17IN2. The monoisotopic (exact) mass is 388 g/mol. The van der Waals surface area contributed by atoms with Crippen LogP contribution in [0.3, 0.4) is 0 Å². The molecule has 1 N–H and O–H groups in total. The van der Waals surface area contributed by atoms with E-state index >= 15 is 0 Å². The molecule has 2 nitrogen and oxygen atoms in total. The lowest BCUT2D eigenvalue weighted by atomic mass is 10.1. The number of para-hydroxylation sites is 1. The van der Waals surface area contributed by atoms with Crippen LogP contribution in [-0.2, 0) is 0 Å². The summed E-state index contributed by atoms with van der Waals surface area (Å²) in [4.78, 5) is 4.87. The van der Waals surface area contributed by atoms with Crippen molar-refractivity contribution in [2.75, 3.05) is 11.9 Å². The molecule has 1 heterocycles. The van der Waals surface area contributed by atoms with Crippen LogP contribution < -0.4 is 5.32 Å². The Morgan fingerprint density at radius 1 is 1.05 bits per heavy atom. The zero-order chi connectivity index (χ0) is 14.7. The number of aromatic nitrogens is 1. The second-order valence-electron chi connectivity index (χ2n) is 4.98. The van der Waals surface area contributed by atoms with Crippen molar-refractivity contribution in [1.29, 1.82) is 0 Å². The van der Waals surface area contributed by atoms with Crippen LogP contribution in [0.5, 0.6) is 0 Å². The number of nitrogens with one attached hydrogen (secondary N) is 1. The van der Waals surface area contributed by atoms with E-state index < -0.39 is 0 Å². The fraction of sp³-hybridized carbons (Fsp3) is 0.167. The van der Waals surface area contributed by atoms with Gasteiger partial charge in [0.1, 0.15) is 0 Å². The minimum Gasteiger partial charge on any atom is -0.384 e. The number of pyridine rings is 1. The van der Waals surface area contributed by atoms with Crippen molar-refractivity contribution in [2.24, 2.45) is 0 Å². The van der Waals surface area contributed by atoms with Gasteiger partial charge in [-0.15, -0.1) is 0 Å². The first-order valence-corrected chi connectivity index (χ1v) is 8.26. The highest BCUT2D eigenvalue weighted by atomic mass is 127. The second-order valence-corrected chi connectivity index (χ2v) is 6.15. The number of anilines is 1. The fourth-order valence-corrected chi connectivity index (χ4v) is 2.99. The van der Waals surface area contributed by atoms with Crippen LogP contribution in [-0.4, -0.2) is 11.5 Å². The largest absolute Gasteiger partial charge is 0.384 e. The Morgan fingerprint density at radius 2 is 1.86 bits per heavy atom. The lowest BCUT2D eigenvalue weighted by Crippen LogP contribution is -2.02. The van der Waals surface area contributed by atoms with Crippen molar-refractivity contribution in [3.8, 4) is 11.3 Å². The number of halogens is 1. The Balaban J connectivity index is 2.20. The molecule has 0 aliphatic heterocycles. The first-order chi connectivity index (χ1) is 10.3. The molecular weight excluding hydrogens is 371 g/mol. The third kappa shape index (κ3) is 3.02. The summed E-state index contributed by atoms with van der Waals surface area (Å²) in [6.45, 7) is 3.15. The number of benzene rings is 2. The van der Waals surface area contributed by atoms with Gasteiger partial charge in [-0.2, -0.15) is 0 Å². The number of hydrogen-bond acceptors (Lipinski definition) is 2. The zero-order valence-corrected chi connectivity index (χ0v) is 14.1. The summed E-state index contributed by atoms with van der Waals surface area (Å²) >= 11 is 2.36. The molecule has 3 heteroatoms. The molecule has 0 fully saturated rings. The molecule has 0 bridgehead atoms. The maximum absolute atomic E-state index is 4.87. The summed E-state index contributed by atoms with van der Waals surface area (Å²) in [6.07, 6.45) is 1.11. The van der Waals surface area contributed by atoms with Crippen molar-refractivity contribution in [3.63, 3.8) is 0 Å². The van der Waals surface area contributed by atoms with Gasteiger partial charge in [0.05, 0.1) is 11.2 Å². The van der Waals surface area contributed by atoms with E-state index in [1.807, 2.05) is 6.07 Å². The third-order valence-electron chi connectivity index (χ3n) is 3.43. The van der Waals surface area contributed by atoms with Gasteiger partial charge in [-0.3, -0.25) is 0 Å². The summed E-state index contributed by atoms with van der Waals surface area (Å²) < 4.78 is 1.18. The Kier molecular flexibility index (Phi) is 4.39.